The molecule has 24 heavy (non-hydrogen) atoms. The summed E-state index contributed by atoms with van der Waals surface area (Å²) in [5, 5.41) is 10.6. The van der Waals surface area contributed by atoms with Crippen molar-refractivity contribution in [3.8, 4) is 0 Å². The van der Waals surface area contributed by atoms with Crippen LogP contribution in [0.5, 0.6) is 0 Å². The minimum absolute atomic E-state index is 0.0441. The molecule has 1 aliphatic heterocycles. The number of nitrogens with one attached hydrogen (secondary N) is 1. The van der Waals surface area contributed by atoms with Crippen molar-refractivity contribution in [2.24, 2.45) is 0 Å². The Morgan fingerprint density at radius 1 is 1.38 bits per heavy atom. The molecule has 4 atom stereocenters. The van der Waals surface area contributed by atoms with Crippen LogP contribution in [0.3, 0.4) is 0 Å². The van der Waals surface area contributed by atoms with Gasteiger partial charge < -0.3 is 14.3 Å². The zero-order valence-electron chi connectivity index (χ0n) is 15.2. The Bertz CT molecular complexity index is 691. The van der Waals surface area contributed by atoms with Gasteiger partial charge in [0.1, 0.15) is 12.2 Å². The molecule has 2 N–H and O–H groups in total. The Labute approximate surface area is 142 Å². The average molecular weight is 356 g/mol. The van der Waals surface area contributed by atoms with Gasteiger partial charge in [-0.2, -0.15) is 0 Å². The molecule has 1 saturated heterocycles. The molecule has 1 aromatic rings. The average Bonchev–Trinajstić information content (AvgIpc) is 2.74. The van der Waals surface area contributed by atoms with E-state index in [1.165, 1.54) is 16.8 Å². The summed E-state index contributed by atoms with van der Waals surface area (Å²) in [4.78, 5) is 25.7. The van der Waals surface area contributed by atoms with Crippen molar-refractivity contribution in [1.29, 1.82) is 0 Å². The lowest BCUT2D eigenvalue weighted by Crippen LogP contribution is -2.49. The van der Waals surface area contributed by atoms with E-state index in [2.05, 4.69) is 38.8 Å². The van der Waals surface area contributed by atoms with Crippen LogP contribution in [0.15, 0.2) is 21.9 Å². The lowest BCUT2D eigenvalue weighted by Gasteiger charge is -2.40. The smallest absolute Gasteiger partial charge is 0.330 e. The fourth-order valence-electron chi connectivity index (χ4n) is 2.55. The Hall–Kier alpha value is -1.22. The largest absolute Gasteiger partial charge is 0.407 e. The molecule has 2 rings (SSSR count). The first kappa shape index (κ1) is 19.1. The minimum Gasteiger partial charge on any atom is -0.407 e. The van der Waals surface area contributed by atoms with Gasteiger partial charge in [0.05, 0.1) is 6.10 Å². The van der Waals surface area contributed by atoms with Crippen LogP contribution in [0.4, 0.5) is 0 Å². The van der Waals surface area contributed by atoms with Crippen LogP contribution in [-0.4, -0.2) is 41.3 Å². The van der Waals surface area contributed by atoms with E-state index >= 15 is 0 Å². The van der Waals surface area contributed by atoms with Crippen molar-refractivity contribution >= 4 is 8.32 Å². The number of nitrogens with zero attached hydrogens (tertiary/aromatic N) is 1. The van der Waals surface area contributed by atoms with E-state index in [1.54, 1.807) is 0 Å². The van der Waals surface area contributed by atoms with Crippen LogP contribution in [0, 0.1) is 0 Å². The summed E-state index contributed by atoms with van der Waals surface area (Å²) in [6, 6.07) is 1.26. The molecule has 0 saturated carbocycles. The van der Waals surface area contributed by atoms with Gasteiger partial charge in [-0.25, -0.2) is 4.79 Å². The summed E-state index contributed by atoms with van der Waals surface area (Å²) in [6.07, 6.45) is -0.662. The van der Waals surface area contributed by atoms with E-state index in [4.69, 9.17) is 9.16 Å². The molecule has 2 heterocycles. The quantitative estimate of drug-likeness (QED) is 0.799. The van der Waals surface area contributed by atoms with Crippen molar-refractivity contribution < 1.29 is 14.3 Å². The van der Waals surface area contributed by atoms with Gasteiger partial charge in [-0.1, -0.05) is 27.7 Å². The number of hydrogen-bond donors (Lipinski definition) is 2. The molecule has 0 aromatic carbocycles. The highest BCUT2D eigenvalue weighted by Crippen LogP contribution is 2.41. The van der Waals surface area contributed by atoms with Gasteiger partial charge in [0.2, 0.25) is 0 Å². The summed E-state index contributed by atoms with van der Waals surface area (Å²) >= 11 is 0. The van der Waals surface area contributed by atoms with Gasteiger partial charge >= 0.3 is 5.69 Å². The maximum absolute atomic E-state index is 12.1. The normalized spacial score (nSPS) is 28.3. The number of aromatic nitrogens is 2. The van der Waals surface area contributed by atoms with Gasteiger partial charge in [0, 0.05) is 12.3 Å². The van der Waals surface area contributed by atoms with Crippen molar-refractivity contribution in [3.63, 3.8) is 0 Å². The minimum atomic E-state index is -2.18. The van der Waals surface area contributed by atoms with Crippen molar-refractivity contribution in [3.05, 3.63) is 33.1 Å². The van der Waals surface area contributed by atoms with Gasteiger partial charge in [-0.05, 0) is 24.6 Å². The number of rotatable bonds is 4. The van der Waals surface area contributed by atoms with Crippen LogP contribution in [0.25, 0.3) is 0 Å². The Morgan fingerprint density at radius 3 is 2.50 bits per heavy atom. The topological polar surface area (TPSA) is 93.6 Å². The third-order valence-electron chi connectivity index (χ3n) is 5.08. The second-order valence-corrected chi connectivity index (χ2v) is 12.6. The lowest BCUT2D eigenvalue weighted by molar-refractivity contribution is -0.0373. The third-order valence-corrected chi connectivity index (χ3v) is 9.55. The van der Waals surface area contributed by atoms with E-state index < -0.39 is 44.1 Å². The molecule has 0 radical (unpaired) electrons. The van der Waals surface area contributed by atoms with Crippen LogP contribution in [-0.2, 0) is 9.16 Å². The van der Waals surface area contributed by atoms with Crippen molar-refractivity contribution in [2.75, 3.05) is 0 Å². The Balaban J connectivity index is 2.41. The molecule has 1 fully saturated rings. The number of H-pyrrole nitrogens is 1. The van der Waals surface area contributed by atoms with Gasteiger partial charge in [0.25, 0.3) is 5.56 Å². The molecule has 0 bridgehead atoms. The summed E-state index contributed by atoms with van der Waals surface area (Å²) in [5.74, 6) is 0. The molecule has 8 heteroatoms. The van der Waals surface area contributed by atoms with Crippen LogP contribution in [0.1, 0.15) is 40.3 Å². The van der Waals surface area contributed by atoms with E-state index in [-0.39, 0.29) is 5.04 Å². The molecule has 1 unspecified atom stereocenters. The molecule has 136 valence electrons. The number of aliphatic hydroxyl groups is 1. The first-order chi connectivity index (χ1) is 11.0. The van der Waals surface area contributed by atoms with Crippen LogP contribution >= 0.6 is 0 Å². The molecule has 0 amide bonds. The third kappa shape index (κ3) is 3.56. The second-order valence-electron chi connectivity index (χ2n) is 7.82. The summed E-state index contributed by atoms with van der Waals surface area (Å²) in [5.41, 5.74) is -1.04. The number of hydrogen-bond acceptors (Lipinski definition) is 5. The molecule has 7 nitrogen and oxygen atoms in total. The first-order valence-corrected chi connectivity index (χ1v) is 11.2. The van der Waals surface area contributed by atoms with E-state index in [0.29, 0.717) is 6.42 Å². The van der Waals surface area contributed by atoms with Gasteiger partial charge in [-0.3, -0.25) is 14.3 Å². The number of aromatic amines is 1. The molecular formula is C16H28N2O5Si. The van der Waals surface area contributed by atoms with Gasteiger partial charge in [-0.15, -0.1) is 0 Å². The molecule has 1 aromatic heterocycles. The van der Waals surface area contributed by atoms with Gasteiger partial charge in [0.15, 0.2) is 14.5 Å². The predicted octanol–water partition coefficient (Wildman–Crippen LogP) is 1.60. The summed E-state index contributed by atoms with van der Waals surface area (Å²) in [6.45, 7) is 12.4. The van der Waals surface area contributed by atoms with Crippen molar-refractivity contribution in [2.45, 2.75) is 76.8 Å². The van der Waals surface area contributed by atoms with E-state index in [0.717, 1.165) is 0 Å². The van der Waals surface area contributed by atoms with Crippen molar-refractivity contribution in [1.82, 2.24) is 9.55 Å². The number of ether oxygens (including phenoxy) is 1. The fourth-order valence-corrected chi connectivity index (χ4v) is 3.84. The van der Waals surface area contributed by atoms with E-state index in [1.807, 2.05) is 6.92 Å². The maximum Gasteiger partial charge on any atom is 0.330 e. The van der Waals surface area contributed by atoms with Crippen LogP contribution in [0.2, 0.25) is 18.1 Å². The summed E-state index contributed by atoms with van der Waals surface area (Å²) < 4.78 is 13.6. The predicted molar refractivity (Wildman–Crippen MR) is 93.6 cm³/mol. The fraction of sp³-hybridized carbons (Fsp3) is 0.750. The monoisotopic (exact) mass is 356 g/mol. The van der Waals surface area contributed by atoms with Crippen LogP contribution < -0.4 is 11.2 Å². The highest BCUT2D eigenvalue weighted by molar-refractivity contribution is 6.74. The zero-order chi connectivity index (χ0) is 18.3. The summed E-state index contributed by atoms with van der Waals surface area (Å²) in [7, 11) is -2.18. The lowest BCUT2D eigenvalue weighted by atomic mass is 10.1. The Kier molecular flexibility index (Phi) is 5.24. The molecule has 0 aliphatic carbocycles. The number of aliphatic hydroxyl groups excluding tert-OH is 1. The standard InChI is InChI=1S/C16H28N2O5Si/c1-7-10-12(20)13(23-24(5,6)16(2,3)4)14(22-10)18-9-8-11(19)17-15(18)21/h8-10,12-14,20H,7H2,1-6H3,(H,17,19,21)/t10-,12?,13+,14-/m1/s1. The molecular weight excluding hydrogens is 328 g/mol. The zero-order valence-corrected chi connectivity index (χ0v) is 16.2. The SMILES string of the molecule is CC[C@H]1O[C@@H](n2ccc(=O)[nH]c2=O)[C@@H](O[Si](C)(C)C(C)(C)C)C1O. The highest BCUT2D eigenvalue weighted by atomic mass is 28.4. The first-order valence-electron chi connectivity index (χ1n) is 8.31. The second kappa shape index (κ2) is 6.59. The molecule has 1 aliphatic rings. The highest BCUT2D eigenvalue weighted by Gasteiger charge is 2.49. The Morgan fingerprint density at radius 2 is 2.00 bits per heavy atom. The van der Waals surface area contributed by atoms with E-state index in [9.17, 15) is 14.7 Å². The molecule has 0 spiro atoms. The maximum atomic E-state index is 12.1.